The summed E-state index contributed by atoms with van der Waals surface area (Å²) in [7, 11) is 0. The summed E-state index contributed by atoms with van der Waals surface area (Å²) in [6.45, 7) is 8.68. The second-order valence-electron chi connectivity index (χ2n) is 7.65. The van der Waals surface area contributed by atoms with Crippen LogP contribution in [0.1, 0.15) is 51.8 Å². The van der Waals surface area contributed by atoms with Crippen LogP contribution in [0.3, 0.4) is 0 Å². The van der Waals surface area contributed by atoms with Crippen LogP contribution in [0.25, 0.3) is 0 Å². The Morgan fingerprint density at radius 2 is 2.07 bits per heavy atom. The van der Waals surface area contributed by atoms with E-state index in [0.29, 0.717) is 13.0 Å². The first-order chi connectivity index (χ1) is 12.8. The van der Waals surface area contributed by atoms with Gasteiger partial charge in [-0.1, -0.05) is 6.07 Å². The highest BCUT2D eigenvalue weighted by atomic mass is 16.6. The third-order valence-electron chi connectivity index (χ3n) is 4.09. The van der Waals surface area contributed by atoms with Crippen molar-refractivity contribution in [1.29, 1.82) is 0 Å². The van der Waals surface area contributed by atoms with E-state index < -0.39 is 17.7 Å². The van der Waals surface area contributed by atoms with Gasteiger partial charge < -0.3 is 14.8 Å². The Balaban J connectivity index is 1.93. The van der Waals surface area contributed by atoms with Gasteiger partial charge in [0.05, 0.1) is 6.61 Å². The maximum absolute atomic E-state index is 12.4. The van der Waals surface area contributed by atoms with Crippen molar-refractivity contribution in [2.75, 3.05) is 31.6 Å². The van der Waals surface area contributed by atoms with Gasteiger partial charge in [0, 0.05) is 18.8 Å². The van der Waals surface area contributed by atoms with E-state index in [4.69, 9.17) is 9.47 Å². The first-order valence-electron chi connectivity index (χ1n) is 9.64. The quantitative estimate of drug-likeness (QED) is 0.735. The second kappa shape index (κ2) is 9.58. The van der Waals surface area contributed by atoms with E-state index in [2.05, 4.69) is 16.4 Å². The van der Waals surface area contributed by atoms with E-state index >= 15 is 0 Å². The Labute approximate surface area is 161 Å². The molecule has 150 valence electrons. The van der Waals surface area contributed by atoms with Crippen molar-refractivity contribution in [3.05, 3.63) is 23.4 Å². The van der Waals surface area contributed by atoms with E-state index in [1.807, 2.05) is 6.07 Å². The van der Waals surface area contributed by atoms with Gasteiger partial charge in [0.15, 0.2) is 0 Å². The van der Waals surface area contributed by atoms with Crippen molar-refractivity contribution in [2.45, 2.75) is 59.0 Å². The lowest BCUT2D eigenvalue weighted by atomic mass is 10.1. The van der Waals surface area contributed by atoms with E-state index in [9.17, 15) is 9.59 Å². The molecule has 0 aliphatic carbocycles. The molecule has 0 saturated carbocycles. The lowest BCUT2D eigenvalue weighted by Gasteiger charge is -2.26. The third-order valence-corrected chi connectivity index (χ3v) is 4.09. The molecule has 7 nitrogen and oxygen atoms in total. The normalized spacial score (nSPS) is 13.3. The number of ether oxygens (including phenoxy) is 2. The number of aromatic nitrogens is 1. The highest BCUT2D eigenvalue weighted by Gasteiger charge is 2.24. The predicted octanol–water partition coefficient (Wildman–Crippen LogP) is 3.17. The maximum atomic E-state index is 12.4. The van der Waals surface area contributed by atoms with Crippen LogP contribution in [0.2, 0.25) is 0 Å². The number of pyridine rings is 1. The summed E-state index contributed by atoms with van der Waals surface area (Å²) in [5.41, 5.74) is 1.61. The molecule has 0 fully saturated rings. The Bertz CT molecular complexity index is 655. The topological polar surface area (TPSA) is 80.8 Å². The summed E-state index contributed by atoms with van der Waals surface area (Å²) in [4.78, 5) is 30.3. The minimum absolute atomic E-state index is 0.109. The van der Waals surface area contributed by atoms with Gasteiger partial charge in [0.2, 0.25) is 0 Å². The molecule has 0 bridgehead atoms. The van der Waals surface area contributed by atoms with Crippen LogP contribution in [0.15, 0.2) is 12.1 Å². The van der Waals surface area contributed by atoms with Gasteiger partial charge in [-0.25, -0.2) is 9.78 Å². The fourth-order valence-corrected chi connectivity index (χ4v) is 2.88. The Morgan fingerprint density at radius 3 is 2.78 bits per heavy atom. The largest absolute Gasteiger partial charge is 0.465 e. The molecule has 0 saturated heterocycles. The molecule has 1 N–H and O–H groups in total. The number of carbonyl (C=O) groups excluding carboxylic acids is 2. The molecule has 1 aromatic rings. The first kappa shape index (κ1) is 21.0. The zero-order chi connectivity index (χ0) is 19.9. The van der Waals surface area contributed by atoms with Gasteiger partial charge in [-0.3, -0.25) is 9.69 Å². The molecular weight excluding hydrogens is 346 g/mol. The lowest BCUT2D eigenvalue weighted by Crippen LogP contribution is -2.41. The van der Waals surface area contributed by atoms with Crippen molar-refractivity contribution in [1.82, 2.24) is 9.88 Å². The molecule has 0 radical (unpaired) electrons. The van der Waals surface area contributed by atoms with Crippen LogP contribution in [-0.4, -0.2) is 53.8 Å². The monoisotopic (exact) mass is 377 g/mol. The van der Waals surface area contributed by atoms with Crippen LogP contribution < -0.4 is 5.32 Å². The average molecular weight is 377 g/mol. The first-order valence-corrected chi connectivity index (χ1v) is 9.64. The second-order valence-corrected chi connectivity index (χ2v) is 7.65. The standard InChI is InChI=1S/C20H31N3O4/c1-5-26-17(24)14-23(19(25)27-20(2,3)4)13-7-9-16-11-10-15-8-6-12-21-18(15)22-16/h10-11H,5-9,12-14H2,1-4H3,(H,21,22). The molecule has 1 aliphatic rings. The van der Waals surface area contributed by atoms with Crippen LogP contribution in [0.5, 0.6) is 0 Å². The summed E-state index contributed by atoms with van der Waals surface area (Å²) in [6.07, 6.45) is 3.09. The summed E-state index contributed by atoms with van der Waals surface area (Å²) >= 11 is 0. The Hall–Kier alpha value is -2.31. The van der Waals surface area contributed by atoms with Crippen LogP contribution in [0, 0.1) is 0 Å². The molecule has 7 heteroatoms. The van der Waals surface area contributed by atoms with Crippen LogP contribution in [0.4, 0.5) is 10.6 Å². The zero-order valence-electron chi connectivity index (χ0n) is 16.8. The smallest absolute Gasteiger partial charge is 0.410 e. The fourth-order valence-electron chi connectivity index (χ4n) is 2.88. The number of aryl methyl sites for hydroxylation is 2. The number of amides is 1. The Morgan fingerprint density at radius 1 is 1.30 bits per heavy atom. The van der Waals surface area contributed by atoms with E-state index in [0.717, 1.165) is 37.3 Å². The van der Waals surface area contributed by atoms with E-state index in [1.54, 1.807) is 27.7 Å². The van der Waals surface area contributed by atoms with Crippen LogP contribution in [-0.2, 0) is 27.1 Å². The number of esters is 1. The molecule has 1 amide bonds. The summed E-state index contributed by atoms with van der Waals surface area (Å²) in [6, 6.07) is 4.16. The maximum Gasteiger partial charge on any atom is 0.410 e. The minimum atomic E-state index is -0.615. The Kier molecular flexibility index (Phi) is 7.45. The van der Waals surface area contributed by atoms with Gasteiger partial charge in [-0.15, -0.1) is 0 Å². The van der Waals surface area contributed by atoms with Crippen molar-refractivity contribution < 1.29 is 19.1 Å². The molecule has 1 aliphatic heterocycles. The molecule has 2 rings (SSSR count). The molecule has 0 unspecified atom stereocenters. The number of rotatable bonds is 7. The van der Waals surface area contributed by atoms with Crippen molar-refractivity contribution in [3.8, 4) is 0 Å². The van der Waals surface area contributed by atoms with Gasteiger partial charge in [0.1, 0.15) is 18.0 Å². The van der Waals surface area contributed by atoms with Crippen molar-refractivity contribution >= 4 is 17.9 Å². The number of hydrogen-bond donors (Lipinski definition) is 1. The highest BCUT2D eigenvalue weighted by Crippen LogP contribution is 2.20. The average Bonchev–Trinajstić information content (AvgIpc) is 2.59. The summed E-state index contributed by atoms with van der Waals surface area (Å²) in [5, 5.41) is 3.33. The molecule has 27 heavy (non-hydrogen) atoms. The predicted molar refractivity (Wildman–Crippen MR) is 104 cm³/mol. The van der Waals surface area contributed by atoms with Gasteiger partial charge in [0.25, 0.3) is 0 Å². The number of anilines is 1. The van der Waals surface area contributed by atoms with Gasteiger partial charge in [-0.2, -0.15) is 0 Å². The molecular formula is C20H31N3O4. The van der Waals surface area contributed by atoms with Crippen LogP contribution >= 0.6 is 0 Å². The SMILES string of the molecule is CCOC(=O)CN(CCCc1ccc2c(n1)NCCC2)C(=O)OC(C)(C)C. The number of fused-ring (bicyclic) bond motifs is 1. The lowest BCUT2D eigenvalue weighted by molar-refractivity contribution is -0.144. The molecule has 0 spiro atoms. The van der Waals surface area contributed by atoms with E-state index in [-0.39, 0.29) is 13.2 Å². The minimum Gasteiger partial charge on any atom is -0.465 e. The third kappa shape index (κ3) is 7.07. The van der Waals surface area contributed by atoms with Gasteiger partial charge >= 0.3 is 12.1 Å². The van der Waals surface area contributed by atoms with Gasteiger partial charge in [-0.05, 0) is 65.0 Å². The number of carbonyl (C=O) groups is 2. The number of nitrogens with zero attached hydrogens (tertiary/aromatic N) is 2. The molecule has 2 heterocycles. The highest BCUT2D eigenvalue weighted by molar-refractivity contribution is 5.78. The number of hydrogen-bond acceptors (Lipinski definition) is 6. The van der Waals surface area contributed by atoms with Crippen molar-refractivity contribution in [3.63, 3.8) is 0 Å². The van der Waals surface area contributed by atoms with Crippen molar-refractivity contribution in [2.24, 2.45) is 0 Å². The zero-order valence-corrected chi connectivity index (χ0v) is 16.8. The summed E-state index contributed by atoms with van der Waals surface area (Å²) in [5.74, 6) is 0.536. The molecule has 0 atom stereocenters. The number of nitrogens with one attached hydrogen (secondary N) is 1. The fraction of sp³-hybridized carbons (Fsp3) is 0.650. The molecule has 0 aromatic carbocycles. The molecule has 1 aromatic heterocycles. The summed E-state index contributed by atoms with van der Waals surface area (Å²) < 4.78 is 10.4. The van der Waals surface area contributed by atoms with E-state index in [1.165, 1.54) is 10.5 Å².